The molecule has 116 valence electrons. The normalized spacial score (nSPS) is 10.7. The number of nitrogens with zero attached hydrogens (tertiary/aromatic N) is 1. The van der Waals surface area contributed by atoms with E-state index in [1.165, 1.54) is 5.56 Å². The number of hydrogen-bond acceptors (Lipinski definition) is 2. The number of pyridine rings is 1. The number of nitrogens with one attached hydrogen (secondary N) is 1. The van der Waals surface area contributed by atoms with Gasteiger partial charge in [0.1, 0.15) is 0 Å². The zero-order chi connectivity index (χ0) is 16.4. The van der Waals surface area contributed by atoms with E-state index in [4.69, 9.17) is 0 Å². The number of aromatic nitrogens is 1. The topological polar surface area (TPSA) is 42.0 Å². The lowest BCUT2D eigenvalue weighted by atomic mass is 10.1. The Bertz CT molecular complexity index is 872. The Morgan fingerprint density at radius 1 is 1.09 bits per heavy atom. The third-order valence-electron chi connectivity index (χ3n) is 3.72. The third kappa shape index (κ3) is 3.59. The molecular weight excluding hydrogens is 352 g/mol. The van der Waals surface area contributed by atoms with Crippen LogP contribution in [0, 0.1) is 13.8 Å². The minimum atomic E-state index is -0.0841. The minimum absolute atomic E-state index is 0.0841. The monoisotopic (exact) mass is 368 g/mol. The molecule has 0 atom stereocenters. The Morgan fingerprint density at radius 2 is 1.83 bits per heavy atom. The summed E-state index contributed by atoms with van der Waals surface area (Å²) in [5, 5.41) is 3.84. The van der Waals surface area contributed by atoms with Gasteiger partial charge in [-0.2, -0.15) is 0 Å². The molecule has 0 radical (unpaired) electrons. The maximum absolute atomic E-state index is 12.6. The van der Waals surface area contributed by atoms with E-state index in [2.05, 4.69) is 26.2 Å². The second kappa shape index (κ2) is 6.50. The Morgan fingerprint density at radius 3 is 2.57 bits per heavy atom. The molecule has 0 spiro atoms. The minimum Gasteiger partial charge on any atom is -0.348 e. The van der Waals surface area contributed by atoms with Crippen molar-refractivity contribution in [1.29, 1.82) is 0 Å². The van der Waals surface area contributed by atoms with Crippen molar-refractivity contribution in [1.82, 2.24) is 10.3 Å². The molecule has 3 nitrogen and oxygen atoms in total. The van der Waals surface area contributed by atoms with Crippen LogP contribution in [0.25, 0.3) is 10.9 Å². The van der Waals surface area contributed by atoms with E-state index in [0.29, 0.717) is 12.1 Å². The molecule has 0 aliphatic rings. The molecule has 0 aliphatic heterocycles. The number of benzene rings is 2. The highest BCUT2D eigenvalue weighted by Crippen LogP contribution is 2.23. The molecule has 0 bridgehead atoms. The molecule has 1 N–H and O–H groups in total. The van der Waals surface area contributed by atoms with Crippen LogP contribution >= 0.6 is 15.9 Å². The largest absolute Gasteiger partial charge is 0.348 e. The molecule has 4 heteroatoms. The van der Waals surface area contributed by atoms with Gasteiger partial charge in [-0.1, -0.05) is 45.8 Å². The van der Waals surface area contributed by atoms with E-state index >= 15 is 0 Å². The third-order valence-corrected chi connectivity index (χ3v) is 4.21. The summed E-state index contributed by atoms with van der Waals surface area (Å²) in [5.41, 5.74) is 4.61. The molecular formula is C19H17BrN2O. The summed E-state index contributed by atoms with van der Waals surface area (Å²) in [7, 11) is 0. The van der Waals surface area contributed by atoms with Crippen LogP contribution in [0.4, 0.5) is 0 Å². The van der Waals surface area contributed by atoms with Gasteiger partial charge < -0.3 is 5.32 Å². The molecule has 1 heterocycles. The van der Waals surface area contributed by atoms with Crippen LogP contribution in [0.5, 0.6) is 0 Å². The summed E-state index contributed by atoms with van der Waals surface area (Å²) in [5.74, 6) is -0.0841. The molecule has 0 aliphatic carbocycles. The first kappa shape index (κ1) is 15.7. The summed E-state index contributed by atoms with van der Waals surface area (Å²) in [6.45, 7) is 4.46. The predicted octanol–water partition coefficient (Wildman–Crippen LogP) is 4.54. The van der Waals surface area contributed by atoms with Crippen LogP contribution in [0.1, 0.15) is 27.2 Å². The highest BCUT2D eigenvalue weighted by molar-refractivity contribution is 9.10. The predicted molar refractivity (Wildman–Crippen MR) is 96.5 cm³/mol. The number of rotatable bonds is 3. The van der Waals surface area contributed by atoms with Crippen LogP contribution in [0.3, 0.4) is 0 Å². The van der Waals surface area contributed by atoms with Gasteiger partial charge in [0.15, 0.2) is 0 Å². The van der Waals surface area contributed by atoms with Crippen molar-refractivity contribution < 1.29 is 4.79 Å². The molecule has 2 aromatic carbocycles. The first-order valence-electron chi connectivity index (χ1n) is 7.43. The van der Waals surface area contributed by atoms with Gasteiger partial charge in [-0.25, -0.2) is 0 Å². The number of halogens is 1. The van der Waals surface area contributed by atoms with Gasteiger partial charge in [-0.05, 0) is 43.7 Å². The van der Waals surface area contributed by atoms with Crippen molar-refractivity contribution in [3.8, 4) is 0 Å². The SMILES string of the molecule is Cc1ccc(CNC(=O)c2cc(C)nc3ccc(Br)cc23)cc1. The Labute approximate surface area is 143 Å². The molecule has 1 aromatic heterocycles. The fourth-order valence-corrected chi connectivity index (χ4v) is 2.86. The van der Waals surface area contributed by atoms with E-state index < -0.39 is 0 Å². The number of carbonyl (C=O) groups excluding carboxylic acids is 1. The molecule has 0 unspecified atom stereocenters. The van der Waals surface area contributed by atoms with Crippen LogP contribution in [0.2, 0.25) is 0 Å². The van der Waals surface area contributed by atoms with E-state index in [-0.39, 0.29) is 5.91 Å². The smallest absolute Gasteiger partial charge is 0.252 e. The fraction of sp³-hybridized carbons (Fsp3) is 0.158. The molecule has 0 fully saturated rings. The average molecular weight is 369 g/mol. The summed E-state index contributed by atoms with van der Waals surface area (Å²) in [6, 6.07) is 15.8. The quantitative estimate of drug-likeness (QED) is 0.736. The highest BCUT2D eigenvalue weighted by Gasteiger charge is 2.12. The summed E-state index contributed by atoms with van der Waals surface area (Å²) >= 11 is 3.46. The standard InChI is InChI=1S/C19H17BrN2O/c1-12-3-5-14(6-4-12)11-21-19(23)17-9-13(2)22-18-8-7-15(20)10-16(17)18/h3-10H,11H2,1-2H3,(H,21,23). The maximum Gasteiger partial charge on any atom is 0.252 e. The Hall–Kier alpha value is -2.20. The second-order valence-electron chi connectivity index (χ2n) is 5.64. The van der Waals surface area contributed by atoms with E-state index in [1.807, 2.05) is 62.4 Å². The van der Waals surface area contributed by atoms with E-state index in [9.17, 15) is 4.79 Å². The second-order valence-corrected chi connectivity index (χ2v) is 6.56. The summed E-state index contributed by atoms with van der Waals surface area (Å²) in [6.07, 6.45) is 0. The molecule has 0 saturated carbocycles. The van der Waals surface area contributed by atoms with Crippen molar-refractivity contribution in [2.75, 3.05) is 0 Å². The summed E-state index contributed by atoms with van der Waals surface area (Å²) in [4.78, 5) is 17.1. The molecule has 3 aromatic rings. The lowest BCUT2D eigenvalue weighted by Crippen LogP contribution is -2.23. The number of fused-ring (bicyclic) bond motifs is 1. The van der Waals surface area contributed by atoms with Crippen LogP contribution < -0.4 is 5.32 Å². The number of carbonyl (C=O) groups is 1. The summed E-state index contributed by atoms with van der Waals surface area (Å²) < 4.78 is 0.934. The zero-order valence-electron chi connectivity index (χ0n) is 13.1. The Balaban J connectivity index is 1.88. The van der Waals surface area contributed by atoms with Crippen molar-refractivity contribution in [3.63, 3.8) is 0 Å². The molecule has 0 saturated heterocycles. The van der Waals surface area contributed by atoms with Gasteiger partial charge in [-0.15, -0.1) is 0 Å². The number of hydrogen-bond donors (Lipinski definition) is 1. The van der Waals surface area contributed by atoms with E-state index in [0.717, 1.165) is 26.6 Å². The fourth-order valence-electron chi connectivity index (χ4n) is 2.50. The van der Waals surface area contributed by atoms with Crippen LogP contribution in [-0.2, 0) is 6.54 Å². The lowest BCUT2D eigenvalue weighted by molar-refractivity contribution is 0.0952. The lowest BCUT2D eigenvalue weighted by Gasteiger charge is -2.10. The van der Waals surface area contributed by atoms with Gasteiger partial charge in [0, 0.05) is 22.1 Å². The van der Waals surface area contributed by atoms with Crippen molar-refractivity contribution in [3.05, 3.63) is 75.4 Å². The van der Waals surface area contributed by atoms with Crippen LogP contribution in [-0.4, -0.2) is 10.9 Å². The first-order valence-corrected chi connectivity index (χ1v) is 8.23. The number of amides is 1. The van der Waals surface area contributed by atoms with Gasteiger partial charge in [-0.3, -0.25) is 9.78 Å². The zero-order valence-corrected chi connectivity index (χ0v) is 14.6. The Kier molecular flexibility index (Phi) is 4.44. The van der Waals surface area contributed by atoms with E-state index in [1.54, 1.807) is 0 Å². The first-order chi connectivity index (χ1) is 11.0. The molecule has 1 amide bonds. The maximum atomic E-state index is 12.6. The van der Waals surface area contributed by atoms with Crippen molar-refractivity contribution in [2.24, 2.45) is 0 Å². The molecule has 3 rings (SSSR count). The van der Waals surface area contributed by atoms with Crippen molar-refractivity contribution >= 4 is 32.7 Å². The highest BCUT2D eigenvalue weighted by atomic mass is 79.9. The van der Waals surface area contributed by atoms with Crippen LogP contribution in [0.15, 0.2) is 53.0 Å². The number of aryl methyl sites for hydroxylation is 2. The molecule has 23 heavy (non-hydrogen) atoms. The van der Waals surface area contributed by atoms with Crippen molar-refractivity contribution in [2.45, 2.75) is 20.4 Å². The van der Waals surface area contributed by atoms with Gasteiger partial charge in [0.25, 0.3) is 5.91 Å². The van der Waals surface area contributed by atoms with Gasteiger partial charge in [0.2, 0.25) is 0 Å². The van der Waals surface area contributed by atoms with Gasteiger partial charge >= 0.3 is 0 Å². The average Bonchev–Trinajstić information content (AvgIpc) is 2.53. The van der Waals surface area contributed by atoms with Gasteiger partial charge in [0.05, 0.1) is 11.1 Å².